The average molecular weight is 295 g/mol. The predicted octanol–water partition coefficient (Wildman–Crippen LogP) is 1.68. The van der Waals surface area contributed by atoms with E-state index in [2.05, 4.69) is 10.2 Å². The van der Waals surface area contributed by atoms with Crippen LogP contribution in [0.15, 0.2) is 0 Å². The van der Waals surface area contributed by atoms with Gasteiger partial charge in [-0.25, -0.2) is 4.79 Å². The van der Waals surface area contributed by atoms with Gasteiger partial charge in [-0.3, -0.25) is 4.90 Å². The topological polar surface area (TPSA) is 44.8 Å². The number of rotatable bonds is 2. The molecule has 3 fully saturated rings. The molecule has 2 atom stereocenters. The van der Waals surface area contributed by atoms with Gasteiger partial charge in [-0.05, 0) is 59.0 Å². The number of carbonyl (C=O) groups is 1. The third-order valence-corrected chi connectivity index (χ3v) is 4.93. The largest absolute Gasteiger partial charge is 0.444 e. The van der Waals surface area contributed by atoms with Gasteiger partial charge in [0.2, 0.25) is 0 Å². The van der Waals surface area contributed by atoms with E-state index in [9.17, 15) is 4.79 Å². The van der Waals surface area contributed by atoms with E-state index in [1.165, 1.54) is 19.4 Å². The number of ether oxygens (including phenoxy) is 1. The summed E-state index contributed by atoms with van der Waals surface area (Å²) in [6.45, 7) is 11.2. The smallest absolute Gasteiger partial charge is 0.410 e. The normalized spacial score (nSPS) is 30.9. The van der Waals surface area contributed by atoms with Crippen molar-refractivity contribution in [2.24, 2.45) is 5.92 Å². The van der Waals surface area contributed by atoms with Gasteiger partial charge >= 0.3 is 6.09 Å². The van der Waals surface area contributed by atoms with Crippen molar-refractivity contribution in [3.63, 3.8) is 0 Å². The van der Waals surface area contributed by atoms with Crippen LogP contribution in [0.2, 0.25) is 0 Å². The van der Waals surface area contributed by atoms with Crippen molar-refractivity contribution in [3.05, 3.63) is 0 Å². The van der Waals surface area contributed by atoms with Crippen LogP contribution in [0.3, 0.4) is 0 Å². The second-order valence-electron chi connectivity index (χ2n) is 7.82. The van der Waals surface area contributed by atoms with Crippen LogP contribution in [0, 0.1) is 5.92 Å². The van der Waals surface area contributed by atoms with Crippen LogP contribution in [0.5, 0.6) is 0 Å². The first kappa shape index (κ1) is 15.1. The zero-order chi connectivity index (χ0) is 15.0. The highest BCUT2D eigenvalue weighted by atomic mass is 16.6. The molecule has 1 amide bonds. The standard InChI is InChI=1S/C16H29N3O2/c1-16(2,3)21-15(20)19-11-13-8-14(19)10-18(13)9-12-4-6-17-7-5-12/h12-14,17H,4-11H2,1-3H3/t13-,14-/m1/s1. The molecule has 0 unspecified atom stereocenters. The van der Waals surface area contributed by atoms with Crippen LogP contribution in [0.1, 0.15) is 40.0 Å². The summed E-state index contributed by atoms with van der Waals surface area (Å²) in [6, 6.07) is 0.920. The fourth-order valence-corrected chi connectivity index (χ4v) is 3.91. The van der Waals surface area contributed by atoms with Crippen LogP contribution in [0.4, 0.5) is 4.79 Å². The van der Waals surface area contributed by atoms with Gasteiger partial charge in [-0.1, -0.05) is 0 Å². The highest BCUT2D eigenvalue weighted by Crippen LogP contribution is 2.33. The molecule has 120 valence electrons. The number of fused-ring (bicyclic) bond motifs is 2. The third kappa shape index (κ3) is 3.51. The first-order valence-electron chi connectivity index (χ1n) is 8.37. The van der Waals surface area contributed by atoms with Crippen molar-refractivity contribution >= 4 is 6.09 Å². The second kappa shape index (κ2) is 5.76. The van der Waals surface area contributed by atoms with Crippen LogP contribution in [-0.2, 0) is 4.74 Å². The van der Waals surface area contributed by atoms with Gasteiger partial charge in [0.05, 0.1) is 0 Å². The molecule has 5 heteroatoms. The molecule has 0 aromatic rings. The summed E-state index contributed by atoms with van der Waals surface area (Å²) in [5.74, 6) is 0.834. The van der Waals surface area contributed by atoms with Gasteiger partial charge in [0.25, 0.3) is 0 Å². The van der Waals surface area contributed by atoms with Crippen molar-refractivity contribution in [3.8, 4) is 0 Å². The number of piperazine rings is 1. The zero-order valence-corrected chi connectivity index (χ0v) is 13.6. The highest BCUT2D eigenvalue weighted by Gasteiger charge is 2.46. The summed E-state index contributed by atoms with van der Waals surface area (Å²) >= 11 is 0. The first-order chi connectivity index (χ1) is 9.92. The van der Waals surface area contributed by atoms with Crippen LogP contribution in [-0.4, -0.2) is 66.3 Å². The number of nitrogens with zero attached hydrogens (tertiary/aromatic N) is 2. The number of piperidine rings is 1. The number of nitrogens with one attached hydrogen (secondary N) is 1. The fourth-order valence-electron chi connectivity index (χ4n) is 3.91. The number of hydrogen-bond donors (Lipinski definition) is 1. The summed E-state index contributed by atoms with van der Waals surface area (Å²) in [6.07, 6.45) is 3.59. The van der Waals surface area contributed by atoms with Gasteiger partial charge in [-0.2, -0.15) is 0 Å². The average Bonchev–Trinajstić information content (AvgIpc) is 2.97. The van der Waals surface area contributed by atoms with Crippen LogP contribution < -0.4 is 5.32 Å². The highest BCUT2D eigenvalue weighted by molar-refractivity contribution is 5.69. The molecular weight excluding hydrogens is 266 g/mol. The molecule has 0 aromatic heterocycles. The molecule has 1 N–H and O–H groups in total. The van der Waals surface area contributed by atoms with Gasteiger partial charge < -0.3 is 15.0 Å². The number of likely N-dealkylation sites (tertiary alicyclic amines) is 2. The fraction of sp³-hybridized carbons (Fsp3) is 0.938. The lowest BCUT2D eigenvalue weighted by Gasteiger charge is -2.37. The molecule has 0 saturated carbocycles. The van der Waals surface area contributed by atoms with E-state index < -0.39 is 5.60 Å². The quantitative estimate of drug-likeness (QED) is 0.842. The Labute approximate surface area is 128 Å². The van der Waals surface area contributed by atoms with Gasteiger partial charge in [-0.15, -0.1) is 0 Å². The maximum atomic E-state index is 12.2. The summed E-state index contributed by atoms with van der Waals surface area (Å²) in [5.41, 5.74) is -0.395. The molecule has 21 heavy (non-hydrogen) atoms. The van der Waals surface area contributed by atoms with E-state index in [4.69, 9.17) is 4.74 Å². The Morgan fingerprint density at radius 3 is 2.48 bits per heavy atom. The van der Waals surface area contributed by atoms with E-state index in [0.29, 0.717) is 12.1 Å². The maximum absolute atomic E-state index is 12.2. The van der Waals surface area contributed by atoms with Crippen molar-refractivity contribution in [2.45, 2.75) is 57.7 Å². The minimum atomic E-state index is -0.395. The minimum Gasteiger partial charge on any atom is -0.444 e. The van der Waals surface area contributed by atoms with Crippen molar-refractivity contribution < 1.29 is 9.53 Å². The molecule has 0 spiro atoms. The SMILES string of the molecule is CC(C)(C)OC(=O)N1C[C@H]2C[C@@H]1CN2CC1CCNCC1. The van der Waals surface area contributed by atoms with E-state index in [1.807, 2.05) is 25.7 Å². The van der Waals surface area contributed by atoms with Crippen molar-refractivity contribution in [1.82, 2.24) is 15.1 Å². The van der Waals surface area contributed by atoms with E-state index in [-0.39, 0.29) is 6.09 Å². The van der Waals surface area contributed by atoms with Crippen LogP contribution >= 0.6 is 0 Å². The monoisotopic (exact) mass is 295 g/mol. The summed E-state index contributed by atoms with van der Waals surface area (Å²) in [5, 5.41) is 3.43. The number of hydrogen-bond acceptors (Lipinski definition) is 4. The van der Waals surface area contributed by atoms with Crippen LogP contribution in [0.25, 0.3) is 0 Å². The molecule has 3 aliphatic rings. The Hall–Kier alpha value is -0.810. The number of amides is 1. The number of carbonyl (C=O) groups excluding carboxylic acids is 1. The van der Waals surface area contributed by atoms with E-state index in [1.54, 1.807) is 0 Å². The minimum absolute atomic E-state index is 0.128. The lowest BCUT2D eigenvalue weighted by atomic mass is 9.97. The molecule has 0 aromatic carbocycles. The Morgan fingerprint density at radius 2 is 1.90 bits per heavy atom. The Balaban J connectivity index is 1.50. The molecule has 0 radical (unpaired) electrons. The second-order valence-corrected chi connectivity index (χ2v) is 7.82. The Kier molecular flexibility index (Phi) is 4.14. The molecular formula is C16H29N3O2. The molecule has 3 saturated heterocycles. The van der Waals surface area contributed by atoms with Gasteiger partial charge in [0.1, 0.15) is 5.60 Å². The summed E-state index contributed by atoms with van der Waals surface area (Å²) in [4.78, 5) is 16.8. The van der Waals surface area contributed by atoms with E-state index >= 15 is 0 Å². The summed E-state index contributed by atoms with van der Waals surface area (Å²) < 4.78 is 5.52. The van der Waals surface area contributed by atoms with Gasteiger partial charge in [0.15, 0.2) is 0 Å². The lowest BCUT2D eigenvalue weighted by molar-refractivity contribution is 0.0115. The summed E-state index contributed by atoms with van der Waals surface area (Å²) in [7, 11) is 0. The zero-order valence-electron chi connectivity index (χ0n) is 13.6. The Morgan fingerprint density at radius 1 is 1.19 bits per heavy atom. The molecule has 3 heterocycles. The Bertz CT molecular complexity index is 387. The maximum Gasteiger partial charge on any atom is 0.410 e. The van der Waals surface area contributed by atoms with Gasteiger partial charge in [0, 0.05) is 31.7 Å². The third-order valence-electron chi connectivity index (χ3n) is 4.93. The van der Waals surface area contributed by atoms with Crippen molar-refractivity contribution in [2.75, 3.05) is 32.7 Å². The molecule has 3 rings (SSSR count). The predicted molar refractivity (Wildman–Crippen MR) is 82.3 cm³/mol. The molecule has 3 aliphatic heterocycles. The first-order valence-corrected chi connectivity index (χ1v) is 8.37. The molecule has 2 bridgehead atoms. The van der Waals surface area contributed by atoms with Crippen molar-refractivity contribution in [1.29, 1.82) is 0 Å². The molecule has 5 nitrogen and oxygen atoms in total. The molecule has 0 aliphatic carbocycles. The lowest BCUT2D eigenvalue weighted by Crippen LogP contribution is -2.51. The van der Waals surface area contributed by atoms with E-state index in [0.717, 1.165) is 38.5 Å².